The van der Waals surface area contributed by atoms with Gasteiger partial charge >= 0.3 is 5.97 Å². The Morgan fingerprint density at radius 1 is 1.15 bits per heavy atom. The van der Waals surface area contributed by atoms with Crippen LogP contribution in [0, 0.1) is 17.5 Å². The fraction of sp³-hybridized carbons (Fsp3) is 0.158. The van der Waals surface area contributed by atoms with E-state index in [-0.39, 0.29) is 28.1 Å². The molecule has 4 rings (SSSR count). The molecular weight excluding hydrogens is 379 g/mol. The molecule has 3 aromatic rings. The molecular formula is C19H12F3NO3S. The van der Waals surface area contributed by atoms with Gasteiger partial charge in [0.15, 0.2) is 11.6 Å². The lowest BCUT2D eigenvalue weighted by Crippen LogP contribution is -2.31. The van der Waals surface area contributed by atoms with Crippen LogP contribution in [0.3, 0.4) is 0 Å². The lowest BCUT2D eigenvalue weighted by atomic mass is 10.1. The number of hydrogen-bond acceptors (Lipinski definition) is 4. The first kappa shape index (κ1) is 17.7. The Morgan fingerprint density at radius 2 is 1.85 bits per heavy atom. The molecule has 0 saturated heterocycles. The van der Waals surface area contributed by atoms with E-state index in [1.807, 2.05) is 0 Å². The summed E-state index contributed by atoms with van der Waals surface area (Å²) in [6.45, 7) is 1.64. The van der Waals surface area contributed by atoms with Gasteiger partial charge in [0.05, 0.1) is 17.1 Å². The van der Waals surface area contributed by atoms with Gasteiger partial charge in [-0.1, -0.05) is 30.0 Å². The molecule has 0 N–H and O–H groups in total. The van der Waals surface area contributed by atoms with Crippen LogP contribution in [0.2, 0.25) is 0 Å². The number of pyridine rings is 1. The number of rotatable bonds is 3. The lowest BCUT2D eigenvalue weighted by molar-refractivity contribution is 0.0518. The van der Waals surface area contributed by atoms with E-state index >= 15 is 0 Å². The van der Waals surface area contributed by atoms with Crippen molar-refractivity contribution in [2.45, 2.75) is 17.3 Å². The van der Waals surface area contributed by atoms with Crippen molar-refractivity contribution in [3.63, 3.8) is 0 Å². The molecule has 8 heteroatoms. The molecule has 0 fully saturated rings. The van der Waals surface area contributed by atoms with Crippen LogP contribution in [0.15, 0.2) is 46.2 Å². The molecule has 0 bridgehead atoms. The Kier molecular flexibility index (Phi) is 4.22. The van der Waals surface area contributed by atoms with Crippen LogP contribution >= 0.6 is 11.8 Å². The average molecular weight is 391 g/mol. The van der Waals surface area contributed by atoms with Crippen molar-refractivity contribution in [2.75, 3.05) is 6.61 Å². The maximum atomic E-state index is 14.2. The van der Waals surface area contributed by atoms with Gasteiger partial charge in [0.25, 0.3) is 0 Å². The summed E-state index contributed by atoms with van der Waals surface area (Å²) in [5, 5.41) is -0.546. The minimum atomic E-state index is -1.20. The van der Waals surface area contributed by atoms with Gasteiger partial charge in [0.2, 0.25) is 5.43 Å². The van der Waals surface area contributed by atoms with Crippen molar-refractivity contribution < 1.29 is 22.7 Å². The third-order valence-electron chi connectivity index (χ3n) is 4.31. The summed E-state index contributed by atoms with van der Waals surface area (Å²) >= 11 is 1.09. The number of benzene rings is 2. The molecule has 4 nitrogen and oxygen atoms in total. The van der Waals surface area contributed by atoms with Crippen molar-refractivity contribution in [3.8, 4) is 0 Å². The summed E-state index contributed by atoms with van der Waals surface area (Å²) in [5.41, 5.74) is -0.602. The van der Waals surface area contributed by atoms with E-state index in [4.69, 9.17) is 4.74 Å². The number of carbonyl (C=O) groups is 1. The number of nitrogens with zero attached hydrogens (tertiary/aromatic N) is 1. The minimum Gasteiger partial charge on any atom is -0.462 e. The van der Waals surface area contributed by atoms with Crippen LogP contribution in [0.5, 0.6) is 0 Å². The highest BCUT2D eigenvalue weighted by molar-refractivity contribution is 8.00. The predicted octanol–water partition coefficient (Wildman–Crippen LogP) is 4.25. The minimum absolute atomic E-state index is 0.0505. The highest BCUT2D eigenvalue weighted by atomic mass is 32.2. The predicted molar refractivity (Wildman–Crippen MR) is 94.5 cm³/mol. The van der Waals surface area contributed by atoms with Crippen molar-refractivity contribution in [2.24, 2.45) is 0 Å². The Balaban J connectivity index is 2.04. The Labute approximate surface area is 155 Å². The molecule has 0 amide bonds. The summed E-state index contributed by atoms with van der Waals surface area (Å²) in [6, 6.07) is 7.66. The maximum absolute atomic E-state index is 14.2. The van der Waals surface area contributed by atoms with Crippen molar-refractivity contribution >= 4 is 28.6 Å². The fourth-order valence-corrected chi connectivity index (χ4v) is 4.40. The van der Waals surface area contributed by atoms with Gasteiger partial charge in [-0.05, 0) is 19.1 Å². The average Bonchev–Trinajstić information content (AvgIpc) is 2.61. The fourth-order valence-electron chi connectivity index (χ4n) is 3.10. The van der Waals surface area contributed by atoms with Crippen LogP contribution in [0.25, 0.3) is 10.9 Å². The van der Waals surface area contributed by atoms with Crippen LogP contribution in [-0.4, -0.2) is 17.1 Å². The molecule has 0 spiro atoms. The molecule has 1 unspecified atom stereocenters. The number of hydrogen-bond donors (Lipinski definition) is 0. The molecule has 1 aliphatic heterocycles. The first-order valence-electron chi connectivity index (χ1n) is 8.09. The van der Waals surface area contributed by atoms with Crippen LogP contribution in [0.1, 0.15) is 28.2 Å². The highest BCUT2D eigenvalue weighted by Crippen LogP contribution is 2.50. The van der Waals surface area contributed by atoms with Crippen LogP contribution in [-0.2, 0) is 4.74 Å². The van der Waals surface area contributed by atoms with Gasteiger partial charge in [-0.2, -0.15) is 0 Å². The standard InChI is InChI=1S/C19H12F3NO3S/c1-2-26-19(25)15-16(24)10-7-12(21)13(22)8-14(10)23-17(27-18(15)23)9-5-3-4-6-11(9)20/h3-8,17H,2H2,1H3. The first-order valence-corrected chi connectivity index (χ1v) is 8.97. The number of ether oxygens (including phenoxy) is 1. The smallest absolute Gasteiger partial charge is 0.344 e. The SMILES string of the molecule is CCOC(=O)c1c2n(c3cc(F)c(F)cc3c1=O)C(c1ccccc1F)S2. The zero-order chi connectivity index (χ0) is 19.3. The normalized spacial score (nSPS) is 15.3. The molecule has 0 radical (unpaired) electrons. The maximum Gasteiger partial charge on any atom is 0.344 e. The number of fused-ring (bicyclic) bond motifs is 3. The second-order valence-corrected chi connectivity index (χ2v) is 6.94. The zero-order valence-corrected chi connectivity index (χ0v) is 14.8. The monoisotopic (exact) mass is 391 g/mol. The van der Waals surface area contributed by atoms with E-state index in [9.17, 15) is 22.8 Å². The topological polar surface area (TPSA) is 48.3 Å². The summed E-state index contributed by atoms with van der Waals surface area (Å²) < 4.78 is 48.2. The second-order valence-electron chi connectivity index (χ2n) is 5.87. The third kappa shape index (κ3) is 2.63. The lowest BCUT2D eigenvalue weighted by Gasteiger charge is -2.35. The largest absolute Gasteiger partial charge is 0.462 e. The van der Waals surface area contributed by atoms with E-state index in [0.717, 1.165) is 23.9 Å². The molecule has 1 aliphatic rings. The van der Waals surface area contributed by atoms with Gasteiger partial charge in [0.1, 0.15) is 16.8 Å². The number of aromatic nitrogens is 1. The summed E-state index contributed by atoms with van der Waals surface area (Å²) in [6.07, 6.45) is 0. The summed E-state index contributed by atoms with van der Waals surface area (Å²) in [7, 11) is 0. The Hall–Kier alpha value is -2.74. The number of thioether (sulfide) groups is 1. The number of halogens is 3. The Bertz CT molecular complexity index is 1160. The first-order chi connectivity index (χ1) is 12.9. The van der Waals surface area contributed by atoms with Gasteiger partial charge in [0, 0.05) is 17.0 Å². The zero-order valence-electron chi connectivity index (χ0n) is 14.0. The third-order valence-corrected chi connectivity index (χ3v) is 5.62. The Morgan fingerprint density at radius 3 is 2.56 bits per heavy atom. The van der Waals surface area contributed by atoms with Gasteiger partial charge < -0.3 is 9.30 Å². The summed E-state index contributed by atoms with van der Waals surface area (Å²) in [4.78, 5) is 25.0. The van der Waals surface area contributed by atoms with E-state index in [0.29, 0.717) is 5.56 Å². The quantitative estimate of drug-likeness (QED) is 0.627. The molecule has 0 saturated carbocycles. The van der Waals surface area contributed by atoms with Crippen LogP contribution < -0.4 is 5.43 Å². The van der Waals surface area contributed by atoms with E-state index in [1.165, 1.54) is 16.7 Å². The van der Waals surface area contributed by atoms with Crippen molar-refractivity contribution in [3.05, 3.63) is 75.2 Å². The van der Waals surface area contributed by atoms with E-state index < -0.39 is 34.2 Å². The molecule has 2 aromatic carbocycles. The van der Waals surface area contributed by atoms with Gasteiger partial charge in [-0.3, -0.25) is 4.79 Å². The molecule has 1 aromatic heterocycles. The molecule has 1 atom stereocenters. The number of esters is 1. The van der Waals surface area contributed by atoms with Gasteiger partial charge in [-0.15, -0.1) is 0 Å². The summed E-state index contributed by atoms with van der Waals surface area (Å²) in [5.74, 6) is -3.67. The molecule has 0 aliphatic carbocycles. The van der Waals surface area contributed by atoms with E-state index in [1.54, 1.807) is 19.1 Å². The molecule has 138 valence electrons. The van der Waals surface area contributed by atoms with E-state index in [2.05, 4.69) is 0 Å². The highest BCUT2D eigenvalue weighted by Gasteiger charge is 2.38. The van der Waals surface area contributed by atoms with Gasteiger partial charge in [-0.25, -0.2) is 18.0 Å². The number of carbonyl (C=O) groups excluding carboxylic acids is 1. The van der Waals surface area contributed by atoms with Crippen molar-refractivity contribution in [1.29, 1.82) is 0 Å². The second kappa shape index (κ2) is 6.45. The molecule has 27 heavy (non-hydrogen) atoms. The van der Waals surface area contributed by atoms with Crippen molar-refractivity contribution in [1.82, 2.24) is 4.57 Å². The molecule has 2 heterocycles. The van der Waals surface area contributed by atoms with Crippen LogP contribution in [0.4, 0.5) is 13.2 Å².